The van der Waals surface area contributed by atoms with Crippen molar-refractivity contribution in [3.05, 3.63) is 0 Å². The van der Waals surface area contributed by atoms with Crippen molar-refractivity contribution in [3.8, 4) is 0 Å². The first-order chi connectivity index (χ1) is 9.28. The highest BCUT2D eigenvalue weighted by atomic mass is 35.5. The van der Waals surface area contributed by atoms with Crippen LogP contribution in [0, 0.1) is 11.8 Å². The Morgan fingerprint density at radius 3 is 1.42 bits per heavy atom. The summed E-state index contributed by atoms with van der Waals surface area (Å²) in [7, 11) is 0. The van der Waals surface area contributed by atoms with Crippen LogP contribution >= 0.6 is 23.2 Å². The van der Waals surface area contributed by atoms with Crippen LogP contribution in [0.25, 0.3) is 0 Å². The minimum atomic E-state index is 0.747. The Hall–Kier alpha value is 0.540. The number of ether oxygens (including phenoxy) is 1. The molecule has 0 saturated carbocycles. The van der Waals surface area contributed by atoms with Crippen molar-refractivity contribution in [1.82, 2.24) is 0 Å². The molecule has 0 rings (SSSR count). The van der Waals surface area contributed by atoms with Crippen molar-refractivity contribution in [1.29, 1.82) is 0 Å². The summed E-state index contributed by atoms with van der Waals surface area (Å²) in [5.41, 5.74) is 0. The van der Waals surface area contributed by atoms with Gasteiger partial charge in [0.15, 0.2) is 0 Å². The summed E-state index contributed by atoms with van der Waals surface area (Å²) < 4.78 is 5.79. The second-order valence-electron chi connectivity index (χ2n) is 5.45. The molecule has 0 radical (unpaired) electrons. The van der Waals surface area contributed by atoms with Crippen LogP contribution in [0.1, 0.15) is 65.2 Å². The molecule has 0 saturated heterocycles. The lowest BCUT2D eigenvalue weighted by Gasteiger charge is -2.17. The van der Waals surface area contributed by atoms with Crippen molar-refractivity contribution < 1.29 is 4.74 Å². The summed E-state index contributed by atoms with van der Waals surface area (Å²) in [5.74, 6) is 3.05. The van der Waals surface area contributed by atoms with Crippen LogP contribution in [0.3, 0.4) is 0 Å². The van der Waals surface area contributed by atoms with E-state index in [1.165, 1.54) is 25.7 Å². The topological polar surface area (TPSA) is 9.23 Å². The van der Waals surface area contributed by atoms with E-state index in [0.29, 0.717) is 0 Å². The average Bonchev–Trinajstić information content (AvgIpc) is 2.39. The molecule has 0 aromatic heterocycles. The molecule has 0 bridgehead atoms. The third-order valence-corrected chi connectivity index (χ3v) is 4.21. The maximum atomic E-state index is 5.83. The van der Waals surface area contributed by atoms with Crippen LogP contribution in [0.4, 0.5) is 0 Å². The normalized spacial score (nSPS) is 14.5. The number of halogens is 2. The van der Waals surface area contributed by atoms with E-state index < -0.39 is 0 Å². The van der Waals surface area contributed by atoms with E-state index in [1.807, 2.05) is 0 Å². The number of rotatable bonds is 14. The van der Waals surface area contributed by atoms with Gasteiger partial charge in [-0.15, -0.1) is 23.2 Å². The summed E-state index contributed by atoms with van der Waals surface area (Å²) in [4.78, 5) is 0. The Morgan fingerprint density at radius 2 is 1.11 bits per heavy atom. The zero-order valence-electron chi connectivity index (χ0n) is 12.8. The molecule has 0 heterocycles. The van der Waals surface area contributed by atoms with E-state index in [4.69, 9.17) is 27.9 Å². The largest absolute Gasteiger partial charge is 0.381 e. The zero-order chi connectivity index (χ0) is 14.3. The molecule has 0 aromatic carbocycles. The van der Waals surface area contributed by atoms with Crippen LogP contribution in [-0.4, -0.2) is 25.0 Å². The van der Waals surface area contributed by atoms with Gasteiger partial charge in [-0.3, -0.25) is 0 Å². The summed E-state index contributed by atoms with van der Waals surface area (Å²) in [6, 6.07) is 0. The molecule has 2 atom stereocenters. The molecule has 0 amide bonds. The van der Waals surface area contributed by atoms with Gasteiger partial charge >= 0.3 is 0 Å². The van der Waals surface area contributed by atoms with Crippen molar-refractivity contribution in [2.24, 2.45) is 11.8 Å². The summed E-state index contributed by atoms with van der Waals surface area (Å²) in [6.45, 7) is 6.26. The zero-order valence-corrected chi connectivity index (χ0v) is 14.3. The molecular formula is C16H32Cl2O. The lowest BCUT2D eigenvalue weighted by atomic mass is 9.97. The van der Waals surface area contributed by atoms with Gasteiger partial charge in [0, 0.05) is 25.0 Å². The third kappa shape index (κ3) is 12.0. The van der Waals surface area contributed by atoms with Crippen LogP contribution in [0.5, 0.6) is 0 Å². The van der Waals surface area contributed by atoms with Crippen LogP contribution in [-0.2, 0) is 4.74 Å². The van der Waals surface area contributed by atoms with Crippen molar-refractivity contribution >= 4 is 23.2 Å². The second-order valence-corrected chi connectivity index (χ2v) is 6.21. The Morgan fingerprint density at radius 1 is 0.684 bits per heavy atom. The van der Waals surface area contributed by atoms with Gasteiger partial charge in [-0.05, 0) is 37.5 Å². The molecule has 0 aliphatic heterocycles. The highest BCUT2D eigenvalue weighted by Crippen LogP contribution is 2.18. The fourth-order valence-corrected chi connectivity index (χ4v) is 3.21. The minimum absolute atomic E-state index is 0.747. The van der Waals surface area contributed by atoms with Crippen LogP contribution in [0.2, 0.25) is 0 Å². The van der Waals surface area contributed by atoms with Gasteiger partial charge in [-0.1, -0.05) is 39.5 Å². The summed E-state index contributed by atoms with van der Waals surface area (Å²) >= 11 is 11.7. The van der Waals surface area contributed by atoms with Gasteiger partial charge < -0.3 is 4.74 Å². The highest BCUT2D eigenvalue weighted by Gasteiger charge is 2.09. The predicted molar refractivity (Wildman–Crippen MR) is 87.5 cm³/mol. The molecule has 0 aromatic rings. The van der Waals surface area contributed by atoms with Gasteiger partial charge in [0.1, 0.15) is 0 Å². The quantitative estimate of drug-likeness (QED) is 0.288. The fourth-order valence-electron chi connectivity index (χ4n) is 2.59. The van der Waals surface area contributed by atoms with Gasteiger partial charge in [0.25, 0.3) is 0 Å². The molecule has 0 N–H and O–H groups in total. The number of hydrogen-bond acceptors (Lipinski definition) is 1. The molecule has 0 aliphatic carbocycles. The van der Waals surface area contributed by atoms with E-state index in [-0.39, 0.29) is 0 Å². The van der Waals surface area contributed by atoms with E-state index in [0.717, 1.165) is 62.5 Å². The van der Waals surface area contributed by atoms with Gasteiger partial charge in [0.05, 0.1) is 0 Å². The fraction of sp³-hybridized carbons (Fsp3) is 1.00. The molecular weight excluding hydrogens is 279 g/mol. The monoisotopic (exact) mass is 310 g/mol. The van der Waals surface area contributed by atoms with Gasteiger partial charge in [-0.2, -0.15) is 0 Å². The molecule has 2 unspecified atom stereocenters. The van der Waals surface area contributed by atoms with Crippen molar-refractivity contribution in [2.45, 2.75) is 65.2 Å². The van der Waals surface area contributed by atoms with Crippen LogP contribution in [0.15, 0.2) is 0 Å². The molecule has 19 heavy (non-hydrogen) atoms. The average molecular weight is 311 g/mol. The SMILES string of the molecule is CCCC(CCCl)CCOCCC(CCC)CCCl. The first-order valence-electron chi connectivity index (χ1n) is 7.98. The Bertz CT molecular complexity index is 146. The first-order valence-corrected chi connectivity index (χ1v) is 9.04. The highest BCUT2D eigenvalue weighted by molar-refractivity contribution is 6.18. The van der Waals surface area contributed by atoms with E-state index in [9.17, 15) is 0 Å². The lowest BCUT2D eigenvalue weighted by molar-refractivity contribution is 0.104. The Kier molecular flexibility index (Phi) is 15.4. The van der Waals surface area contributed by atoms with E-state index >= 15 is 0 Å². The maximum absolute atomic E-state index is 5.83. The number of alkyl halides is 2. The molecule has 3 heteroatoms. The molecule has 0 aliphatic rings. The standard InChI is InChI=1S/C16H32Cl2O/c1-3-5-15(7-11-17)9-13-19-14-10-16(6-4-2)8-12-18/h15-16H,3-14H2,1-2H3. The first kappa shape index (κ1) is 19.5. The second kappa shape index (κ2) is 14.9. The third-order valence-electron chi connectivity index (χ3n) is 3.77. The molecule has 0 fully saturated rings. The number of hydrogen-bond donors (Lipinski definition) is 0. The van der Waals surface area contributed by atoms with Crippen LogP contribution < -0.4 is 0 Å². The van der Waals surface area contributed by atoms with Crippen molar-refractivity contribution in [2.75, 3.05) is 25.0 Å². The molecule has 116 valence electrons. The summed E-state index contributed by atoms with van der Waals surface area (Å²) in [5, 5.41) is 0. The summed E-state index contributed by atoms with van der Waals surface area (Å²) in [6.07, 6.45) is 9.63. The predicted octanol–water partition coefficient (Wildman–Crippen LogP) is 5.87. The Balaban J connectivity index is 3.59. The van der Waals surface area contributed by atoms with Crippen molar-refractivity contribution in [3.63, 3.8) is 0 Å². The van der Waals surface area contributed by atoms with Gasteiger partial charge in [-0.25, -0.2) is 0 Å². The molecule has 1 nitrogen and oxygen atoms in total. The Labute approximate surface area is 130 Å². The minimum Gasteiger partial charge on any atom is -0.381 e. The molecule has 0 spiro atoms. The lowest BCUT2D eigenvalue weighted by Crippen LogP contribution is -2.10. The smallest absolute Gasteiger partial charge is 0.0468 e. The van der Waals surface area contributed by atoms with E-state index in [2.05, 4.69) is 13.8 Å². The van der Waals surface area contributed by atoms with E-state index in [1.54, 1.807) is 0 Å². The maximum Gasteiger partial charge on any atom is 0.0468 e. The van der Waals surface area contributed by atoms with Gasteiger partial charge in [0.2, 0.25) is 0 Å².